The quantitative estimate of drug-likeness (QED) is 0.695. The maximum Gasteiger partial charge on any atom is 0.258 e. The van der Waals surface area contributed by atoms with Gasteiger partial charge in [-0.1, -0.05) is 12.1 Å². The number of halogens is 1. The van der Waals surface area contributed by atoms with E-state index >= 15 is 0 Å². The highest BCUT2D eigenvalue weighted by Crippen LogP contribution is 2.32. The number of imide groups is 1. The summed E-state index contributed by atoms with van der Waals surface area (Å²) >= 11 is 0. The van der Waals surface area contributed by atoms with Crippen molar-refractivity contribution < 1.29 is 19.2 Å². The first-order valence-electron chi connectivity index (χ1n) is 9.95. The summed E-state index contributed by atoms with van der Waals surface area (Å²) in [5, 5.41) is 5.59. The van der Waals surface area contributed by atoms with Gasteiger partial charge in [0, 0.05) is 37.2 Å². The fourth-order valence-electron chi connectivity index (χ4n) is 4.36. The van der Waals surface area contributed by atoms with Crippen LogP contribution in [0.4, 0.5) is 11.4 Å². The van der Waals surface area contributed by atoms with Crippen LogP contribution in [0.15, 0.2) is 42.5 Å². The van der Waals surface area contributed by atoms with Crippen LogP contribution in [-0.4, -0.2) is 47.7 Å². The van der Waals surface area contributed by atoms with Gasteiger partial charge in [0.1, 0.15) is 6.04 Å². The molecule has 160 valence electrons. The predicted molar refractivity (Wildman–Crippen MR) is 116 cm³/mol. The van der Waals surface area contributed by atoms with E-state index in [9.17, 15) is 19.2 Å². The third-order valence-corrected chi connectivity index (χ3v) is 5.86. The molecule has 3 aliphatic rings. The maximum absolute atomic E-state index is 13.2. The molecule has 2 N–H and O–H groups in total. The Labute approximate surface area is 185 Å². The third kappa shape index (κ3) is 3.53. The molecule has 4 amide bonds. The second-order valence-corrected chi connectivity index (χ2v) is 7.67. The average Bonchev–Trinajstić information content (AvgIpc) is 3.08. The van der Waals surface area contributed by atoms with Gasteiger partial charge in [-0.2, -0.15) is 0 Å². The van der Waals surface area contributed by atoms with Crippen LogP contribution >= 0.6 is 12.4 Å². The summed E-state index contributed by atoms with van der Waals surface area (Å²) in [6, 6.07) is 12.1. The Kier molecular flexibility index (Phi) is 5.41. The number of carbonyl (C=O) groups excluding carboxylic acids is 4. The highest BCUT2D eigenvalue weighted by Gasteiger charge is 2.39. The van der Waals surface area contributed by atoms with Crippen LogP contribution in [0.25, 0.3) is 0 Å². The molecule has 1 atom stereocenters. The second-order valence-electron chi connectivity index (χ2n) is 7.67. The zero-order chi connectivity index (χ0) is 20.8. The first kappa shape index (κ1) is 20.9. The fraction of sp³-hybridized carbons (Fsp3) is 0.273. The van der Waals surface area contributed by atoms with Crippen molar-refractivity contribution >= 4 is 47.4 Å². The highest BCUT2D eigenvalue weighted by atomic mass is 35.5. The minimum absolute atomic E-state index is 0. The average molecular weight is 441 g/mol. The molecule has 0 radical (unpaired) electrons. The van der Waals surface area contributed by atoms with Crippen LogP contribution in [0, 0.1) is 0 Å². The first-order valence-corrected chi connectivity index (χ1v) is 9.95. The lowest BCUT2D eigenvalue weighted by Gasteiger charge is -2.30. The number of benzene rings is 2. The molecule has 31 heavy (non-hydrogen) atoms. The molecule has 5 rings (SSSR count). The van der Waals surface area contributed by atoms with Gasteiger partial charge in [0.25, 0.3) is 11.8 Å². The minimum atomic E-state index is -0.665. The molecule has 1 fully saturated rings. The van der Waals surface area contributed by atoms with Crippen molar-refractivity contribution in [1.82, 2.24) is 10.2 Å². The minimum Gasteiger partial charge on any atom is -0.382 e. The number of hydrogen-bond acceptors (Lipinski definition) is 5. The second kappa shape index (κ2) is 8.03. The molecule has 0 aliphatic carbocycles. The van der Waals surface area contributed by atoms with Crippen LogP contribution in [-0.2, 0) is 16.1 Å². The summed E-state index contributed by atoms with van der Waals surface area (Å²) in [7, 11) is 0. The number of hydrogen-bond donors (Lipinski definition) is 2. The van der Waals surface area contributed by atoms with Gasteiger partial charge in [0.15, 0.2) is 0 Å². The molecule has 2 aromatic rings. The van der Waals surface area contributed by atoms with Gasteiger partial charge in [-0.25, -0.2) is 0 Å². The van der Waals surface area contributed by atoms with E-state index in [1.165, 1.54) is 4.90 Å². The lowest BCUT2D eigenvalue weighted by atomic mass is 10.0. The van der Waals surface area contributed by atoms with E-state index in [0.717, 1.165) is 16.9 Å². The summed E-state index contributed by atoms with van der Waals surface area (Å²) in [5.74, 6) is -1.13. The largest absolute Gasteiger partial charge is 0.382 e. The number of fused-ring (bicyclic) bond motifs is 2. The van der Waals surface area contributed by atoms with Crippen molar-refractivity contribution in [3.05, 3.63) is 59.2 Å². The molecule has 0 saturated carbocycles. The summed E-state index contributed by atoms with van der Waals surface area (Å²) in [6.07, 6.45) is 0.524. The lowest BCUT2D eigenvalue weighted by molar-refractivity contribution is -0.136. The molecule has 1 saturated heterocycles. The van der Waals surface area contributed by atoms with Crippen molar-refractivity contribution in [2.75, 3.05) is 23.3 Å². The maximum atomic E-state index is 13.2. The highest BCUT2D eigenvalue weighted by molar-refractivity contribution is 6.10. The molecule has 3 aliphatic heterocycles. The van der Waals surface area contributed by atoms with Crippen molar-refractivity contribution in [2.24, 2.45) is 0 Å². The van der Waals surface area contributed by atoms with Crippen molar-refractivity contribution in [1.29, 1.82) is 0 Å². The number of anilines is 2. The molecule has 8 nitrogen and oxygen atoms in total. The van der Waals surface area contributed by atoms with Gasteiger partial charge < -0.3 is 15.1 Å². The van der Waals surface area contributed by atoms with E-state index in [4.69, 9.17) is 0 Å². The van der Waals surface area contributed by atoms with Crippen molar-refractivity contribution in [2.45, 2.75) is 25.4 Å². The number of carbonyl (C=O) groups is 4. The number of rotatable bonds is 2. The Bertz CT molecular complexity index is 1100. The van der Waals surface area contributed by atoms with Gasteiger partial charge in [-0.05, 0) is 42.3 Å². The monoisotopic (exact) mass is 440 g/mol. The van der Waals surface area contributed by atoms with E-state index in [1.807, 2.05) is 24.3 Å². The molecule has 2 aromatic carbocycles. The first-order chi connectivity index (χ1) is 14.5. The zero-order valence-electron chi connectivity index (χ0n) is 16.6. The Morgan fingerprint density at radius 2 is 1.87 bits per heavy atom. The fourth-order valence-corrected chi connectivity index (χ4v) is 4.36. The summed E-state index contributed by atoms with van der Waals surface area (Å²) < 4.78 is 0. The number of amides is 4. The summed E-state index contributed by atoms with van der Waals surface area (Å²) in [6.45, 7) is 1.46. The van der Waals surface area contributed by atoms with Gasteiger partial charge in [0.2, 0.25) is 11.8 Å². The van der Waals surface area contributed by atoms with E-state index in [-0.39, 0.29) is 43.1 Å². The third-order valence-electron chi connectivity index (χ3n) is 5.86. The number of nitrogens with one attached hydrogen (secondary N) is 2. The van der Waals surface area contributed by atoms with Gasteiger partial charge in [-0.15, -0.1) is 12.4 Å². The normalized spacial score (nSPS) is 19.7. The summed E-state index contributed by atoms with van der Waals surface area (Å²) in [4.78, 5) is 52.9. The molecule has 0 spiro atoms. The van der Waals surface area contributed by atoms with E-state index < -0.39 is 11.9 Å². The number of piperidine rings is 1. The number of para-hydroxylation sites is 2. The van der Waals surface area contributed by atoms with Crippen molar-refractivity contribution in [3.63, 3.8) is 0 Å². The molecule has 3 heterocycles. The van der Waals surface area contributed by atoms with E-state index in [0.29, 0.717) is 30.6 Å². The molecule has 0 aromatic heterocycles. The number of nitrogens with zero attached hydrogens (tertiary/aromatic N) is 2. The lowest BCUT2D eigenvalue weighted by Crippen LogP contribution is -2.52. The van der Waals surface area contributed by atoms with Crippen LogP contribution in [0.5, 0.6) is 0 Å². The molecular formula is C22H21ClN4O4. The van der Waals surface area contributed by atoms with Gasteiger partial charge in [-0.3, -0.25) is 24.5 Å². The van der Waals surface area contributed by atoms with Gasteiger partial charge >= 0.3 is 0 Å². The molecule has 1 unspecified atom stereocenters. The van der Waals surface area contributed by atoms with Crippen LogP contribution in [0.3, 0.4) is 0 Å². The predicted octanol–water partition coefficient (Wildman–Crippen LogP) is 1.94. The summed E-state index contributed by atoms with van der Waals surface area (Å²) in [5.41, 5.74) is 3.47. The Balaban J connectivity index is 0.00000231. The molecule has 0 bridgehead atoms. The molecular weight excluding hydrogens is 420 g/mol. The zero-order valence-corrected chi connectivity index (χ0v) is 17.4. The smallest absolute Gasteiger partial charge is 0.258 e. The van der Waals surface area contributed by atoms with Crippen LogP contribution < -0.4 is 15.5 Å². The van der Waals surface area contributed by atoms with Crippen LogP contribution in [0.1, 0.15) is 39.1 Å². The van der Waals surface area contributed by atoms with Crippen LogP contribution in [0.2, 0.25) is 0 Å². The Hall–Kier alpha value is -3.39. The van der Waals surface area contributed by atoms with Gasteiger partial charge in [0.05, 0.1) is 11.4 Å². The SMILES string of the molecule is Cl.O=C1CCC(N2Cc3cc(C(=O)N4CCNc5ccccc54)ccc3C2=O)C(=O)N1. The van der Waals surface area contributed by atoms with Crippen molar-refractivity contribution in [3.8, 4) is 0 Å². The topological polar surface area (TPSA) is 98.8 Å². The van der Waals surface area contributed by atoms with E-state index in [1.54, 1.807) is 23.1 Å². The Morgan fingerprint density at radius 3 is 2.68 bits per heavy atom. The standard InChI is InChI=1S/C22H20N4O4.ClH/c27-19-8-7-18(20(28)24-19)26-12-14-11-13(5-6-15(14)22(26)30)21(29)25-10-9-23-16-3-1-2-4-17(16)25;/h1-6,11,18,23H,7-10,12H2,(H,24,27,28);1H. The molecule has 9 heteroatoms. The Morgan fingerprint density at radius 1 is 1.06 bits per heavy atom. The van der Waals surface area contributed by atoms with E-state index in [2.05, 4.69) is 10.6 Å².